The molecule has 2 aliphatic rings. The summed E-state index contributed by atoms with van der Waals surface area (Å²) in [5, 5.41) is 44.6. The van der Waals surface area contributed by atoms with Crippen LogP contribution in [0.25, 0.3) is 0 Å². The van der Waals surface area contributed by atoms with Crippen LogP contribution < -0.4 is 0 Å². The predicted molar refractivity (Wildman–Crippen MR) is 148 cm³/mol. The van der Waals surface area contributed by atoms with Gasteiger partial charge in [-0.2, -0.15) is 0 Å². The lowest BCUT2D eigenvalue weighted by molar-refractivity contribution is -0.298. The van der Waals surface area contributed by atoms with Crippen molar-refractivity contribution in [2.45, 2.75) is 142 Å². The Bertz CT molecular complexity index is 875. The van der Waals surface area contributed by atoms with E-state index in [1.807, 2.05) is 13.8 Å². The van der Waals surface area contributed by atoms with Crippen molar-refractivity contribution in [1.82, 2.24) is 0 Å². The summed E-state index contributed by atoms with van der Waals surface area (Å²) < 4.78 is 23.9. The van der Waals surface area contributed by atoms with Crippen LogP contribution in [0.5, 0.6) is 0 Å². The van der Waals surface area contributed by atoms with Gasteiger partial charge in [-0.1, -0.05) is 34.6 Å². The maximum atomic E-state index is 13.6. The maximum Gasteiger partial charge on any atom is 0.311 e. The van der Waals surface area contributed by atoms with Crippen molar-refractivity contribution in [3.05, 3.63) is 0 Å². The molecule has 2 fully saturated rings. The third-order valence-corrected chi connectivity index (χ3v) is 9.94. The molecule has 14 atom stereocenters. The van der Waals surface area contributed by atoms with Crippen molar-refractivity contribution >= 4 is 11.8 Å². The van der Waals surface area contributed by atoms with Crippen molar-refractivity contribution in [2.75, 3.05) is 7.11 Å². The second-order valence-corrected chi connectivity index (χ2v) is 13.1. The van der Waals surface area contributed by atoms with Crippen LogP contribution in [0.15, 0.2) is 0 Å². The molecule has 2 saturated heterocycles. The highest BCUT2D eigenvalue weighted by atomic mass is 16.7. The zero-order valence-electron chi connectivity index (χ0n) is 26.2. The smallest absolute Gasteiger partial charge is 0.311 e. The Morgan fingerprint density at radius 1 is 0.925 bits per heavy atom. The topological polar surface area (TPSA) is 152 Å². The van der Waals surface area contributed by atoms with Crippen LogP contribution in [0.4, 0.5) is 0 Å². The van der Waals surface area contributed by atoms with Crippen molar-refractivity contribution in [1.29, 1.82) is 0 Å². The van der Waals surface area contributed by atoms with Crippen LogP contribution in [-0.4, -0.2) is 92.9 Å². The summed E-state index contributed by atoms with van der Waals surface area (Å²) in [4.78, 5) is 26.9. The quantitative estimate of drug-likeness (QED) is 0.369. The van der Waals surface area contributed by atoms with Crippen molar-refractivity contribution in [3.8, 4) is 0 Å². The van der Waals surface area contributed by atoms with Gasteiger partial charge in [0.1, 0.15) is 23.6 Å². The third kappa shape index (κ3) is 7.07. The minimum atomic E-state index is -1.90. The summed E-state index contributed by atoms with van der Waals surface area (Å²) in [5.41, 5.74) is -4.18. The molecular formula is C30H54O10. The van der Waals surface area contributed by atoms with E-state index in [1.54, 1.807) is 48.5 Å². The summed E-state index contributed by atoms with van der Waals surface area (Å²) >= 11 is 0. The number of carbonyl (C=O) groups excluding carboxylic acids is 2. The molecule has 4 N–H and O–H groups in total. The van der Waals surface area contributed by atoms with E-state index >= 15 is 0 Å². The summed E-state index contributed by atoms with van der Waals surface area (Å²) in [6.07, 6.45) is -5.17. The zero-order chi connectivity index (χ0) is 31.0. The summed E-state index contributed by atoms with van der Waals surface area (Å²) in [5.74, 6) is -4.20. The number of Topliss-reactive ketones (excluding diaryl/α,β-unsaturated/α-hetero) is 1. The molecule has 0 radical (unpaired) electrons. The van der Waals surface area contributed by atoms with Gasteiger partial charge in [-0.15, -0.1) is 0 Å². The first-order valence-corrected chi connectivity index (χ1v) is 14.7. The van der Waals surface area contributed by atoms with Crippen LogP contribution in [0.1, 0.15) is 88.5 Å². The Morgan fingerprint density at radius 2 is 1.50 bits per heavy atom. The monoisotopic (exact) mass is 574 g/mol. The summed E-state index contributed by atoms with van der Waals surface area (Å²) in [6.45, 7) is 16.9. The lowest BCUT2D eigenvalue weighted by Gasteiger charge is -2.47. The number of hydrogen-bond donors (Lipinski definition) is 4. The number of aliphatic hydroxyl groups is 4. The molecule has 2 heterocycles. The number of ketones is 1. The van der Waals surface area contributed by atoms with Crippen LogP contribution in [0, 0.1) is 29.6 Å². The molecule has 10 nitrogen and oxygen atoms in total. The highest BCUT2D eigenvalue weighted by Gasteiger charge is 2.51. The van der Waals surface area contributed by atoms with Gasteiger partial charge in [0.05, 0.1) is 35.4 Å². The fraction of sp³-hybridized carbons (Fsp3) is 0.933. The third-order valence-electron chi connectivity index (χ3n) is 9.94. The summed E-state index contributed by atoms with van der Waals surface area (Å²) in [6, 6.07) is 0. The van der Waals surface area contributed by atoms with Gasteiger partial charge in [0, 0.05) is 25.4 Å². The number of ether oxygens (including phenoxy) is 4. The number of methoxy groups -OCH3 is 1. The molecule has 0 aliphatic carbocycles. The van der Waals surface area contributed by atoms with Crippen molar-refractivity contribution < 1.29 is 49.0 Å². The normalized spacial score (nSPS) is 50.2. The number of aliphatic hydroxyl groups excluding tert-OH is 2. The van der Waals surface area contributed by atoms with Crippen LogP contribution in [0.3, 0.4) is 0 Å². The molecule has 40 heavy (non-hydrogen) atoms. The van der Waals surface area contributed by atoms with Crippen molar-refractivity contribution in [2.24, 2.45) is 29.6 Å². The Balaban J connectivity index is 2.55. The Labute approximate surface area is 239 Å². The first kappa shape index (κ1) is 35.1. The minimum Gasteiger partial charge on any atom is -0.459 e. The molecular weight excluding hydrogens is 520 g/mol. The van der Waals surface area contributed by atoms with E-state index in [4.69, 9.17) is 18.9 Å². The Hall–Kier alpha value is -1.14. The first-order chi connectivity index (χ1) is 18.2. The predicted octanol–water partition coefficient (Wildman–Crippen LogP) is 2.61. The Kier molecular flexibility index (Phi) is 11.4. The van der Waals surface area contributed by atoms with Gasteiger partial charge in [-0.3, -0.25) is 9.59 Å². The van der Waals surface area contributed by atoms with Gasteiger partial charge in [-0.05, 0) is 59.3 Å². The van der Waals surface area contributed by atoms with E-state index in [9.17, 15) is 30.0 Å². The van der Waals surface area contributed by atoms with Crippen LogP contribution in [0.2, 0.25) is 0 Å². The molecule has 0 unspecified atom stereocenters. The second-order valence-electron chi connectivity index (χ2n) is 13.1. The number of carbonyl (C=O) groups is 2. The Morgan fingerprint density at radius 3 is 2.02 bits per heavy atom. The molecule has 0 amide bonds. The second kappa shape index (κ2) is 13.0. The molecule has 0 bridgehead atoms. The molecule has 0 aromatic rings. The van der Waals surface area contributed by atoms with E-state index in [0.29, 0.717) is 0 Å². The number of esters is 1. The van der Waals surface area contributed by atoms with E-state index in [0.717, 1.165) is 0 Å². The zero-order valence-corrected chi connectivity index (χ0v) is 26.2. The van der Waals surface area contributed by atoms with E-state index in [2.05, 4.69) is 0 Å². The highest BCUT2D eigenvalue weighted by molar-refractivity contribution is 5.83. The molecule has 0 spiro atoms. The molecule has 0 aromatic heterocycles. The van der Waals surface area contributed by atoms with Crippen molar-refractivity contribution in [3.63, 3.8) is 0 Å². The number of rotatable bonds is 4. The van der Waals surface area contributed by atoms with Gasteiger partial charge in [-0.25, -0.2) is 0 Å². The standard InChI is InChI=1S/C30H54O10/c1-12-21-30(10,36)25(32)17(4)23(31)15(2)13-28(8,35)19(6)16(3)24(18(5)27(34)39-21)40-22-14-29(9,37-11)26(33)20(7)38-22/h15-22,24-26,32-33,35-36H,12-14H2,1-11H3/t15-,16-,17+,18-,19-,20+,21-,22+,24+,25-,26+,28-,29-,30-/m1/s1. The van der Waals surface area contributed by atoms with E-state index < -0.39 is 89.2 Å². The van der Waals surface area contributed by atoms with Crippen LogP contribution in [-0.2, 0) is 28.5 Å². The molecule has 2 aliphatic heterocycles. The molecule has 0 aromatic carbocycles. The lowest BCUT2D eigenvalue weighted by Crippen LogP contribution is -2.58. The average Bonchev–Trinajstić information content (AvgIpc) is 2.89. The maximum absolute atomic E-state index is 13.6. The summed E-state index contributed by atoms with van der Waals surface area (Å²) in [7, 11) is 1.51. The molecule has 234 valence electrons. The van der Waals surface area contributed by atoms with Gasteiger partial charge in [0.2, 0.25) is 0 Å². The van der Waals surface area contributed by atoms with E-state index in [-0.39, 0.29) is 25.0 Å². The average molecular weight is 575 g/mol. The molecule has 2 rings (SSSR count). The molecule has 0 saturated carbocycles. The first-order valence-electron chi connectivity index (χ1n) is 14.7. The number of cyclic esters (lactones) is 1. The SMILES string of the molecule is CC[C@H]1OC(=O)[C@H](C)[C@@H](O[C@H]2C[C@@](C)(OC)[C@@H](O)[C@H](C)O2)[C@H](C)[C@@H](C)[C@](C)(O)C[C@@H](C)C(=O)[C@H](C)[C@@H](O)[C@]1(C)O. The largest absolute Gasteiger partial charge is 0.459 e. The van der Waals surface area contributed by atoms with Gasteiger partial charge in [0.25, 0.3) is 0 Å². The van der Waals surface area contributed by atoms with Gasteiger partial charge in [0.15, 0.2) is 6.29 Å². The van der Waals surface area contributed by atoms with Gasteiger partial charge >= 0.3 is 5.97 Å². The van der Waals surface area contributed by atoms with E-state index in [1.165, 1.54) is 14.0 Å². The minimum absolute atomic E-state index is 0.115. The lowest BCUT2D eigenvalue weighted by atomic mass is 9.70. The number of hydrogen-bond acceptors (Lipinski definition) is 10. The van der Waals surface area contributed by atoms with Crippen LogP contribution >= 0.6 is 0 Å². The highest BCUT2D eigenvalue weighted by Crippen LogP contribution is 2.40. The molecule has 10 heteroatoms. The fourth-order valence-electron chi connectivity index (χ4n) is 6.52. The fourth-order valence-corrected chi connectivity index (χ4v) is 6.52. The van der Waals surface area contributed by atoms with Gasteiger partial charge < -0.3 is 39.4 Å².